The van der Waals surface area contributed by atoms with Crippen molar-refractivity contribution in [3.8, 4) is 0 Å². The number of aryl methyl sites for hydroxylation is 1. The van der Waals surface area contributed by atoms with Crippen molar-refractivity contribution in [1.82, 2.24) is 10.3 Å². The van der Waals surface area contributed by atoms with Crippen LogP contribution in [0.4, 0.5) is 5.82 Å². The predicted octanol–water partition coefficient (Wildman–Crippen LogP) is 1.33. The topological polar surface area (TPSA) is 54.0 Å². The summed E-state index contributed by atoms with van der Waals surface area (Å²) in [6.45, 7) is 2.98. The highest BCUT2D eigenvalue weighted by Crippen LogP contribution is 2.09. The lowest BCUT2D eigenvalue weighted by molar-refractivity contribution is -0.117. The van der Waals surface area contributed by atoms with Crippen molar-refractivity contribution >= 4 is 11.7 Å². The molecule has 0 aromatic carbocycles. The van der Waals surface area contributed by atoms with Gasteiger partial charge in [0.05, 0.1) is 6.04 Å². The van der Waals surface area contributed by atoms with Gasteiger partial charge in [-0.15, -0.1) is 0 Å². The van der Waals surface area contributed by atoms with Crippen LogP contribution in [0, 0.1) is 0 Å². The van der Waals surface area contributed by atoms with E-state index in [4.69, 9.17) is 0 Å². The van der Waals surface area contributed by atoms with E-state index < -0.39 is 0 Å². The number of nitrogens with one attached hydrogen (secondary N) is 2. The number of carbonyl (C=O) groups is 1. The lowest BCUT2D eigenvalue weighted by atomic mass is 10.2. The predicted molar refractivity (Wildman–Crippen MR) is 63.3 cm³/mol. The molecule has 86 valence electrons. The number of aromatic nitrogens is 1. The molecule has 2 rings (SSSR count). The first-order valence-corrected chi connectivity index (χ1v) is 5.80. The molecule has 1 aromatic rings. The van der Waals surface area contributed by atoms with Crippen LogP contribution in [0.1, 0.15) is 25.5 Å². The first kappa shape index (κ1) is 11.1. The molecule has 4 heteroatoms. The summed E-state index contributed by atoms with van der Waals surface area (Å²) in [6, 6.07) is 5.66. The highest BCUT2D eigenvalue weighted by atomic mass is 16.2. The fourth-order valence-corrected chi connectivity index (χ4v) is 1.87. The van der Waals surface area contributed by atoms with Crippen LogP contribution in [-0.4, -0.2) is 23.5 Å². The van der Waals surface area contributed by atoms with Crippen molar-refractivity contribution in [1.29, 1.82) is 0 Å². The average Bonchev–Trinajstić information content (AvgIpc) is 2.83. The van der Waals surface area contributed by atoms with E-state index in [2.05, 4.69) is 15.6 Å². The van der Waals surface area contributed by atoms with Gasteiger partial charge in [0.25, 0.3) is 0 Å². The number of amides is 1. The minimum Gasteiger partial charge on any atom is -0.309 e. The first-order valence-electron chi connectivity index (χ1n) is 5.80. The number of anilines is 1. The Balaban J connectivity index is 1.99. The molecule has 16 heavy (non-hydrogen) atoms. The zero-order chi connectivity index (χ0) is 11.4. The number of rotatable bonds is 3. The van der Waals surface area contributed by atoms with Crippen LogP contribution < -0.4 is 10.6 Å². The molecule has 1 atom stereocenters. The van der Waals surface area contributed by atoms with Gasteiger partial charge in [0.15, 0.2) is 0 Å². The van der Waals surface area contributed by atoms with Gasteiger partial charge < -0.3 is 10.6 Å². The van der Waals surface area contributed by atoms with Crippen molar-refractivity contribution in [3.05, 3.63) is 23.9 Å². The van der Waals surface area contributed by atoms with Gasteiger partial charge in [0.2, 0.25) is 5.91 Å². The van der Waals surface area contributed by atoms with Crippen LogP contribution in [-0.2, 0) is 11.2 Å². The maximum atomic E-state index is 11.8. The molecule has 4 nitrogen and oxygen atoms in total. The number of hydrogen-bond donors (Lipinski definition) is 2. The molecular weight excluding hydrogens is 202 g/mol. The molecular formula is C12H17N3O. The minimum atomic E-state index is -0.0490. The summed E-state index contributed by atoms with van der Waals surface area (Å²) in [5.74, 6) is 0.677. The molecule has 2 heterocycles. The van der Waals surface area contributed by atoms with Gasteiger partial charge >= 0.3 is 0 Å². The molecule has 1 unspecified atom stereocenters. The molecule has 0 radical (unpaired) electrons. The summed E-state index contributed by atoms with van der Waals surface area (Å²) in [5.41, 5.74) is 0.997. The van der Waals surface area contributed by atoms with Crippen molar-refractivity contribution < 1.29 is 4.79 Å². The van der Waals surface area contributed by atoms with Gasteiger partial charge in [-0.3, -0.25) is 4.79 Å². The zero-order valence-corrected chi connectivity index (χ0v) is 9.49. The molecule has 1 saturated heterocycles. The summed E-state index contributed by atoms with van der Waals surface area (Å²) >= 11 is 0. The summed E-state index contributed by atoms with van der Waals surface area (Å²) < 4.78 is 0. The third-order valence-corrected chi connectivity index (χ3v) is 2.80. The molecule has 0 bridgehead atoms. The summed E-state index contributed by atoms with van der Waals surface area (Å²) in [7, 11) is 0. The number of carbonyl (C=O) groups excluding carboxylic acids is 1. The van der Waals surface area contributed by atoms with Gasteiger partial charge in [-0.05, 0) is 37.9 Å². The second-order valence-electron chi connectivity index (χ2n) is 4.01. The van der Waals surface area contributed by atoms with Crippen molar-refractivity contribution in [2.45, 2.75) is 32.2 Å². The Bertz CT molecular complexity index is 372. The Hall–Kier alpha value is -1.42. The van der Waals surface area contributed by atoms with Gasteiger partial charge in [0.1, 0.15) is 5.82 Å². The van der Waals surface area contributed by atoms with Crippen molar-refractivity contribution in [3.63, 3.8) is 0 Å². The monoisotopic (exact) mass is 219 g/mol. The average molecular weight is 219 g/mol. The van der Waals surface area contributed by atoms with E-state index in [1.54, 1.807) is 0 Å². The highest BCUT2D eigenvalue weighted by Gasteiger charge is 2.21. The Morgan fingerprint density at radius 1 is 1.62 bits per heavy atom. The van der Waals surface area contributed by atoms with Gasteiger partial charge in [-0.25, -0.2) is 4.98 Å². The summed E-state index contributed by atoms with van der Waals surface area (Å²) in [4.78, 5) is 16.1. The third-order valence-electron chi connectivity index (χ3n) is 2.80. The molecule has 1 amide bonds. The fraction of sp³-hybridized carbons (Fsp3) is 0.500. The Kier molecular flexibility index (Phi) is 3.51. The second-order valence-corrected chi connectivity index (χ2v) is 4.01. The quantitative estimate of drug-likeness (QED) is 0.806. The summed E-state index contributed by atoms with van der Waals surface area (Å²) in [6.07, 6.45) is 2.87. The SMILES string of the molecule is CCc1cccc(NC(=O)C2CCCN2)n1. The molecule has 2 N–H and O–H groups in total. The lowest BCUT2D eigenvalue weighted by Crippen LogP contribution is -2.35. The largest absolute Gasteiger partial charge is 0.309 e. The Morgan fingerprint density at radius 2 is 2.50 bits per heavy atom. The van der Waals surface area contributed by atoms with E-state index in [1.807, 2.05) is 25.1 Å². The van der Waals surface area contributed by atoms with E-state index in [0.29, 0.717) is 5.82 Å². The maximum absolute atomic E-state index is 11.8. The normalized spacial score (nSPS) is 19.7. The number of nitrogens with zero attached hydrogens (tertiary/aromatic N) is 1. The molecule has 1 aromatic heterocycles. The van der Waals surface area contributed by atoms with Crippen molar-refractivity contribution in [2.24, 2.45) is 0 Å². The Morgan fingerprint density at radius 3 is 3.19 bits per heavy atom. The second kappa shape index (κ2) is 5.07. The van der Waals surface area contributed by atoms with Gasteiger partial charge in [0, 0.05) is 5.69 Å². The highest BCUT2D eigenvalue weighted by molar-refractivity contribution is 5.94. The molecule has 0 spiro atoms. The molecule has 1 aliphatic rings. The lowest BCUT2D eigenvalue weighted by Gasteiger charge is -2.10. The first-order chi connectivity index (χ1) is 7.79. The minimum absolute atomic E-state index is 0.0262. The Labute approximate surface area is 95.5 Å². The van der Waals surface area contributed by atoms with E-state index >= 15 is 0 Å². The zero-order valence-electron chi connectivity index (χ0n) is 9.49. The standard InChI is InChI=1S/C12H17N3O/c1-2-9-5-3-7-11(14-9)15-12(16)10-6-4-8-13-10/h3,5,7,10,13H,2,4,6,8H2,1H3,(H,14,15,16). The third kappa shape index (κ3) is 2.58. The molecule has 0 saturated carbocycles. The number of hydrogen-bond acceptors (Lipinski definition) is 3. The van der Waals surface area contributed by atoms with E-state index in [-0.39, 0.29) is 11.9 Å². The molecule has 0 aliphatic carbocycles. The maximum Gasteiger partial charge on any atom is 0.242 e. The smallest absolute Gasteiger partial charge is 0.242 e. The van der Waals surface area contributed by atoms with Crippen LogP contribution in [0.25, 0.3) is 0 Å². The van der Waals surface area contributed by atoms with E-state index in [9.17, 15) is 4.79 Å². The van der Waals surface area contributed by atoms with Gasteiger partial charge in [-0.2, -0.15) is 0 Å². The number of pyridine rings is 1. The fourth-order valence-electron chi connectivity index (χ4n) is 1.87. The van der Waals surface area contributed by atoms with Crippen molar-refractivity contribution in [2.75, 3.05) is 11.9 Å². The molecule has 1 fully saturated rings. The molecule has 1 aliphatic heterocycles. The van der Waals surface area contributed by atoms with Gasteiger partial charge in [-0.1, -0.05) is 13.0 Å². The van der Waals surface area contributed by atoms with Crippen LogP contribution >= 0.6 is 0 Å². The van der Waals surface area contributed by atoms with Crippen LogP contribution in [0.2, 0.25) is 0 Å². The van der Waals surface area contributed by atoms with Crippen LogP contribution in [0.5, 0.6) is 0 Å². The van der Waals surface area contributed by atoms with E-state index in [0.717, 1.165) is 31.5 Å². The van der Waals surface area contributed by atoms with Crippen LogP contribution in [0.3, 0.4) is 0 Å². The van der Waals surface area contributed by atoms with E-state index in [1.165, 1.54) is 0 Å². The van der Waals surface area contributed by atoms with Crippen LogP contribution in [0.15, 0.2) is 18.2 Å². The summed E-state index contributed by atoms with van der Waals surface area (Å²) in [5, 5.41) is 6.01.